The van der Waals surface area contributed by atoms with Crippen LogP contribution in [0.25, 0.3) is 11.1 Å². The zero-order chi connectivity index (χ0) is 17.7. The molecule has 132 valence electrons. The maximum atomic E-state index is 13.2. The van der Waals surface area contributed by atoms with Crippen LogP contribution in [0, 0.1) is 5.82 Å². The maximum absolute atomic E-state index is 13.2. The van der Waals surface area contributed by atoms with Gasteiger partial charge in [-0.05, 0) is 61.6 Å². The number of aromatic nitrogens is 1. The van der Waals surface area contributed by atoms with E-state index in [4.69, 9.17) is 4.42 Å². The predicted molar refractivity (Wildman–Crippen MR) is 95.4 cm³/mol. The second kappa shape index (κ2) is 5.94. The summed E-state index contributed by atoms with van der Waals surface area (Å²) in [6.07, 6.45) is 4.11. The van der Waals surface area contributed by atoms with Crippen molar-refractivity contribution in [2.75, 3.05) is 6.54 Å². The summed E-state index contributed by atoms with van der Waals surface area (Å²) in [6.45, 7) is 0.711. The number of oxazole rings is 1. The average Bonchev–Trinajstić information content (AvgIpc) is 3.24. The van der Waals surface area contributed by atoms with Gasteiger partial charge >= 0.3 is 0 Å². The van der Waals surface area contributed by atoms with Gasteiger partial charge in [0.15, 0.2) is 11.5 Å². The Labute approximate surface area is 150 Å². The van der Waals surface area contributed by atoms with Crippen molar-refractivity contribution in [2.24, 2.45) is 0 Å². The van der Waals surface area contributed by atoms with Crippen molar-refractivity contribution in [1.29, 1.82) is 0 Å². The van der Waals surface area contributed by atoms with E-state index < -0.39 is 0 Å². The molecule has 1 aliphatic heterocycles. The van der Waals surface area contributed by atoms with E-state index in [9.17, 15) is 9.18 Å². The normalized spacial score (nSPS) is 20.0. The summed E-state index contributed by atoms with van der Waals surface area (Å²) in [6, 6.07) is 11.9. The van der Waals surface area contributed by atoms with Gasteiger partial charge < -0.3 is 9.32 Å². The van der Waals surface area contributed by atoms with Gasteiger partial charge in [-0.1, -0.05) is 12.1 Å². The highest BCUT2D eigenvalue weighted by molar-refractivity contribution is 5.97. The molecule has 0 N–H and O–H groups in total. The van der Waals surface area contributed by atoms with Gasteiger partial charge in [-0.25, -0.2) is 9.37 Å². The van der Waals surface area contributed by atoms with Crippen LogP contribution in [0.4, 0.5) is 4.39 Å². The number of benzene rings is 2. The summed E-state index contributed by atoms with van der Waals surface area (Å²) in [7, 11) is 0. The average molecular weight is 350 g/mol. The molecule has 1 saturated heterocycles. The van der Waals surface area contributed by atoms with Gasteiger partial charge in [-0.3, -0.25) is 4.79 Å². The topological polar surface area (TPSA) is 46.3 Å². The summed E-state index contributed by atoms with van der Waals surface area (Å²) >= 11 is 0. The van der Waals surface area contributed by atoms with Crippen molar-refractivity contribution in [3.8, 4) is 0 Å². The van der Waals surface area contributed by atoms with E-state index in [0.717, 1.165) is 42.7 Å². The molecule has 1 atom stereocenters. The molecule has 5 rings (SSSR count). The fourth-order valence-corrected chi connectivity index (χ4v) is 3.79. The highest BCUT2D eigenvalue weighted by Crippen LogP contribution is 2.40. The molecule has 3 aromatic rings. The monoisotopic (exact) mass is 350 g/mol. The predicted octanol–water partition coefficient (Wildman–Crippen LogP) is 4.82. The Kier molecular flexibility index (Phi) is 3.55. The van der Waals surface area contributed by atoms with Gasteiger partial charge in [0.1, 0.15) is 11.3 Å². The lowest BCUT2D eigenvalue weighted by atomic mass is 10.0. The summed E-state index contributed by atoms with van der Waals surface area (Å²) in [5.74, 6) is 0.966. The van der Waals surface area contributed by atoms with Crippen molar-refractivity contribution in [2.45, 2.75) is 37.6 Å². The molecule has 0 unspecified atom stereocenters. The van der Waals surface area contributed by atoms with Gasteiger partial charge in [-0.2, -0.15) is 0 Å². The molecular formula is C21H19FN2O2. The lowest BCUT2D eigenvalue weighted by Crippen LogP contribution is -2.30. The van der Waals surface area contributed by atoms with Crippen LogP contribution >= 0.6 is 0 Å². The number of amides is 1. The van der Waals surface area contributed by atoms with Crippen molar-refractivity contribution >= 4 is 17.0 Å². The Morgan fingerprint density at radius 2 is 1.92 bits per heavy atom. The summed E-state index contributed by atoms with van der Waals surface area (Å²) < 4.78 is 19.1. The standard InChI is InChI=1S/C21H19FN2O2/c22-16-8-5-13(6-9-16)18-2-1-11-24(18)21(25)15-7-10-17-19(12-15)26-20(23-17)14-3-4-14/h5-10,12,14,18H,1-4,11H2/t18-/m1/s1. The summed E-state index contributed by atoms with van der Waals surface area (Å²) in [5.41, 5.74) is 3.08. The Morgan fingerprint density at radius 3 is 2.69 bits per heavy atom. The largest absolute Gasteiger partial charge is 0.440 e. The smallest absolute Gasteiger partial charge is 0.254 e. The molecule has 1 aromatic heterocycles. The van der Waals surface area contributed by atoms with Crippen LogP contribution < -0.4 is 0 Å². The molecule has 1 amide bonds. The molecule has 26 heavy (non-hydrogen) atoms. The van der Waals surface area contributed by atoms with E-state index >= 15 is 0 Å². The second-order valence-corrected chi connectivity index (χ2v) is 7.22. The quantitative estimate of drug-likeness (QED) is 0.680. The van der Waals surface area contributed by atoms with Crippen LogP contribution in [0.3, 0.4) is 0 Å². The van der Waals surface area contributed by atoms with Crippen molar-refractivity contribution in [3.63, 3.8) is 0 Å². The lowest BCUT2D eigenvalue weighted by molar-refractivity contribution is 0.0735. The van der Waals surface area contributed by atoms with Gasteiger partial charge in [0.25, 0.3) is 5.91 Å². The molecule has 1 aliphatic carbocycles. The van der Waals surface area contributed by atoms with Gasteiger partial charge in [0, 0.05) is 18.0 Å². The molecule has 0 radical (unpaired) electrons. The van der Waals surface area contributed by atoms with Gasteiger partial charge in [0.05, 0.1) is 6.04 Å². The van der Waals surface area contributed by atoms with Crippen LogP contribution in [0.2, 0.25) is 0 Å². The lowest BCUT2D eigenvalue weighted by Gasteiger charge is -2.25. The summed E-state index contributed by atoms with van der Waals surface area (Å²) in [5, 5.41) is 0. The third-order valence-corrected chi connectivity index (χ3v) is 5.35. The molecule has 2 heterocycles. The minimum atomic E-state index is -0.258. The first-order chi connectivity index (χ1) is 12.7. The maximum Gasteiger partial charge on any atom is 0.254 e. The van der Waals surface area contributed by atoms with E-state index in [1.54, 1.807) is 18.2 Å². The van der Waals surface area contributed by atoms with Crippen LogP contribution in [-0.2, 0) is 0 Å². The number of likely N-dealkylation sites (tertiary alicyclic amines) is 1. The number of hydrogen-bond acceptors (Lipinski definition) is 3. The fraction of sp³-hybridized carbons (Fsp3) is 0.333. The second-order valence-electron chi connectivity index (χ2n) is 7.22. The Bertz CT molecular complexity index is 975. The third-order valence-electron chi connectivity index (χ3n) is 5.35. The first-order valence-electron chi connectivity index (χ1n) is 9.16. The number of rotatable bonds is 3. The van der Waals surface area contributed by atoms with E-state index in [0.29, 0.717) is 23.6 Å². The van der Waals surface area contributed by atoms with Crippen LogP contribution in [0.1, 0.15) is 59.5 Å². The van der Waals surface area contributed by atoms with Gasteiger partial charge in [-0.15, -0.1) is 0 Å². The minimum absolute atomic E-state index is 0.00412. The number of halogens is 1. The van der Waals surface area contributed by atoms with Crippen molar-refractivity contribution in [1.82, 2.24) is 9.88 Å². The number of carbonyl (C=O) groups excluding carboxylic acids is 1. The van der Waals surface area contributed by atoms with E-state index in [1.165, 1.54) is 12.1 Å². The zero-order valence-electron chi connectivity index (χ0n) is 14.3. The van der Waals surface area contributed by atoms with Crippen LogP contribution in [0.15, 0.2) is 46.9 Å². The Morgan fingerprint density at radius 1 is 1.12 bits per heavy atom. The summed E-state index contributed by atoms with van der Waals surface area (Å²) in [4.78, 5) is 19.5. The van der Waals surface area contributed by atoms with Crippen LogP contribution in [0.5, 0.6) is 0 Å². The van der Waals surface area contributed by atoms with Crippen molar-refractivity contribution in [3.05, 3.63) is 65.3 Å². The number of nitrogens with zero attached hydrogens (tertiary/aromatic N) is 2. The van der Waals surface area contributed by atoms with Gasteiger partial charge in [0.2, 0.25) is 0 Å². The molecule has 0 bridgehead atoms. The minimum Gasteiger partial charge on any atom is -0.440 e. The molecule has 4 nitrogen and oxygen atoms in total. The number of carbonyl (C=O) groups is 1. The van der Waals surface area contributed by atoms with E-state index in [1.807, 2.05) is 17.0 Å². The first kappa shape index (κ1) is 15.6. The van der Waals surface area contributed by atoms with E-state index in [2.05, 4.69) is 4.98 Å². The molecule has 2 aromatic carbocycles. The highest BCUT2D eigenvalue weighted by Gasteiger charge is 2.32. The first-order valence-corrected chi connectivity index (χ1v) is 9.16. The Balaban J connectivity index is 1.44. The number of hydrogen-bond donors (Lipinski definition) is 0. The SMILES string of the molecule is O=C(c1ccc2nc(C3CC3)oc2c1)N1CCC[C@@H]1c1ccc(F)cc1. The molecule has 5 heteroatoms. The van der Waals surface area contributed by atoms with E-state index in [-0.39, 0.29) is 17.8 Å². The fourth-order valence-electron chi connectivity index (χ4n) is 3.79. The highest BCUT2D eigenvalue weighted by atomic mass is 19.1. The molecule has 1 saturated carbocycles. The Hall–Kier alpha value is -2.69. The zero-order valence-corrected chi connectivity index (χ0v) is 14.3. The molecule has 2 aliphatic rings. The number of fused-ring (bicyclic) bond motifs is 1. The van der Waals surface area contributed by atoms with Crippen molar-refractivity contribution < 1.29 is 13.6 Å². The third kappa shape index (κ3) is 2.68. The molecular weight excluding hydrogens is 331 g/mol. The van der Waals surface area contributed by atoms with Crippen LogP contribution in [-0.4, -0.2) is 22.3 Å². The molecule has 0 spiro atoms. The molecule has 2 fully saturated rings.